The predicted molar refractivity (Wildman–Crippen MR) is 79.0 cm³/mol. The number of hydrogen-bond donors (Lipinski definition) is 1. The summed E-state index contributed by atoms with van der Waals surface area (Å²) in [5.74, 6) is -0.228. The Balaban J connectivity index is 1.99. The molecule has 96 valence electrons. The Labute approximate surface area is 118 Å². The van der Waals surface area contributed by atoms with Crippen molar-refractivity contribution in [3.63, 3.8) is 0 Å². The second-order valence-electron chi connectivity index (χ2n) is 4.17. The smallest absolute Gasteiger partial charge is 0.188 e. The third-order valence-corrected chi connectivity index (χ3v) is 4.03. The number of rotatable bonds is 2. The average molecular weight is 293 g/mol. The molecular formula is C14H10ClFN2S. The van der Waals surface area contributed by atoms with E-state index in [2.05, 4.69) is 10.3 Å². The van der Waals surface area contributed by atoms with Crippen molar-refractivity contribution in [3.8, 4) is 0 Å². The van der Waals surface area contributed by atoms with E-state index in [4.69, 9.17) is 11.6 Å². The van der Waals surface area contributed by atoms with Gasteiger partial charge in [-0.05, 0) is 37.3 Å². The first-order valence-electron chi connectivity index (χ1n) is 5.72. The van der Waals surface area contributed by atoms with Crippen LogP contribution in [0.3, 0.4) is 0 Å². The van der Waals surface area contributed by atoms with Crippen molar-refractivity contribution >= 4 is 44.0 Å². The Morgan fingerprint density at radius 3 is 2.95 bits per heavy atom. The van der Waals surface area contributed by atoms with Gasteiger partial charge in [0.05, 0.1) is 10.2 Å². The summed E-state index contributed by atoms with van der Waals surface area (Å²) >= 11 is 7.43. The number of hydrogen-bond acceptors (Lipinski definition) is 3. The molecule has 19 heavy (non-hydrogen) atoms. The molecule has 0 aliphatic heterocycles. The number of nitrogens with one attached hydrogen (secondary N) is 1. The van der Waals surface area contributed by atoms with Crippen LogP contribution in [0.15, 0.2) is 36.4 Å². The molecule has 0 aliphatic rings. The second kappa shape index (κ2) is 4.79. The fourth-order valence-corrected chi connectivity index (χ4v) is 2.96. The van der Waals surface area contributed by atoms with Crippen LogP contribution in [0.2, 0.25) is 5.02 Å². The maximum Gasteiger partial charge on any atom is 0.188 e. The summed E-state index contributed by atoms with van der Waals surface area (Å²) in [4.78, 5) is 4.45. The predicted octanol–water partition coefficient (Wildman–Crippen LogP) is 5.14. The summed E-state index contributed by atoms with van der Waals surface area (Å²) in [5, 5.41) is 4.56. The summed E-state index contributed by atoms with van der Waals surface area (Å²) < 4.78 is 14.5. The fourth-order valence-electron chi connectivity index (χ4n) is 1.81. The van der Waals surface area contributed by atoms with Crippen molar-refractivity contribution in [1.82, 2.24) is 4.98 Å². The molecule has 3 aromatic rings. The van der Waals surface area contributed by atoms with E-state index in [0.29, 0.717) is 10.6 Å². The van der Waals surface area contributed by atoms with Crippen LogP contribution in [0.4, 0.5) is 15.2 Å². The van der Waals surface area contributed by atoms with Crippen LogP contribution in [0, 0.1) is 12.7 Å². The van der Waals surface area contributed by atoms with Crippen LogP contribution >= 0.6 is 22.9 Å². The fraction of sp³-hybridized carbons (Fsp3) is 0.0714. The van der Waals surface area contributed by atoms with E-state index in [1.807, 2.05) is 18.2 Å². The summed E-state index contributed by atoms with van der Waals surface area (Å²) in [7, 11) is 0. The van der Waals surface area contributed by atoms with Crippen LogP contribution < -0.4 is 5.32 Å². The average Bonchev–Trinajstić information content (AvgIpc) is 2.76. The third kappa shape index (κ3) is 2.41. The minimum absolute atomic E-state index is 0.228. The molecule has 2 nitrogen and oxygen atoms in total. The highest BCUT2D eigenvalue weighted by Gasteiger charge is 2.07. The van der Waals surface area contributed by atoms with Gasteiger partial charge in [-0.2, -0.15) is 0 Å². The van der Waals surface area contributed by atoms with Gasteiger partial charge in [-0.25, -0.2) is 9.37 Å². The van der Waals surface area contributed by atoms with Crippen molar-refractivity contribution in [2.45, 2.75) is 6.92 Å². The quantitative estimate of drug-likeness (QED) is 0.707. The molecular weight excluding hydrogens is 283 g/mol. The highest BCUT2D eigenvalue weighted by atomic mass is 35.5. The van der Waals surface area contributed by atoms with Gasteiger partial charge >= 0.3 is 0 Å². The lowest BCUT2D eigenvalue weighted by Crippen LogP contribution is -1.94. The molecule has 0 spiro atoms. The van der Waals surface area contributed by atoms with Crippen molar-refractivity contribution in [1.29, 1.82) is 0 Å². The molecule has 0 aliphatic carbocycles. The number of aromatic nitrogens is 1. The Morgan fingerprint density at radius 1 is 1.26 bits per heavy atom. The summed E-state index contributed by atoms with van der Waals surface area (Å²) in [6.45, 7) is 1.74. The number of anilines is 2. The number of benzene rings is 2. The molecule has 1 heterocycles. The van der Waals surface area contributed by atoms with Gasteiger partial charge in [0.1, 0.15) is 5.82 Å². The maximum absolute atomic E-state index is 13.5. The van der Waals surface area contributed by atoms with E-state index in [1.54, 1.807) is 19.1 Å². The normalized spacial score (nSPS) is 10.9. The lowest BCUT2D eigenvalue weighted by molar-refractivity contribution is 0.619. The maximum atomic E-state index is 13.5. The molecule has 0 bridgehead atoms. The Kier molecular flexibility index (Phi) is 3.12. The zero-order chi connectivity index (χ0) is 13.4. The van der Waals surface area contributed by atoms with Crippen LogP contribution in [0.5, 0.6) is 0 Å². The lowest BCUT2D eigenvalue weighted by Gasteiger charge is -2.06. The van der Waals surface area contributed by atoms with E-state index in [0.717, 1.165) is 21.0 Å². The van der Waals surface area contributed by atoms with Crippen LogP contribution in [0.25, 0.3) is 10.2 Å². The first-order chi connectivity index (χ1) is 9.13. The summed E-state index contributed by atoms with van der Waals surface area (Å²) in [5.41, 5.74) is 2.19. The largest absolute Gasteiger partial charge is 0.331 e. The first-order valence-corrected chi connectivity index (χ1v) is 6.91. The molecule has 0 atom stereocenters. The number of halogens is 2. The van der Waals surface area contributed by atoms with Gasteiger partial charge in [0, 0.05) is 16.3 Å². The minimum atomic E-state index is -0.228. The SMILES string of the molecule is Cc1c(F)cccc1Nc1nc2ccc(Cl)cc2s1. The van der Waals surface area contributed by atoms with Crippen LogP contribution in [-0.4, -0.2) is 4.98 Å². The Bertz CT molecular complexity index is 754. The van der Waals surface area contributed by atoms with E-state index < -0.39 is 0 Å². The zero-order valence-corrected chi connectivity index (χ0v) is 11.6. The van der Waals surface area contributed by atoms with Gasteiger partial charge in [0.15, 0.2) is 5.13 Å². The topological polar surface area (TPSA) is 24.9 Å². The molecule has 1 aromatic heterocycles. The standard InChI is InChI=1S/C14H10ClFN2S/c1-8-10(16)3-2-4-11(8)17-14-18-12-6-5-9(15)7-13(12)19-14/h2-7H,1H3,(H,17,18). The highest BCUT2D eigenvalue weighted by Crippen LogP contribution is 2.31. The molecule has 0 radical (unpaired) electrons. The van der Waals surface area contributed by atoms with E-state index >= 15 is 0 Å². The molecule has 0 unspecified atom stereocenters. The van der Waals surface area contributed by atoms with Crippen molar-refractivity contribution in [3.05, 3.63) is 52.8 Å². The molecule has 1 N–H and O–H groups in total. The molecule has 5 heteroatoms. The zero-order valence-electron chi connectivity index (χ0n) is 10.1. The van der Waals surface area contributed by atoms with E-state index in [1.165, 1.54) is 17.4 Å². The second-order valence-corrected chi connectivity index (χ2v) is 5.64. The van der Waals surface area contributed by atoms with Crippen molar-refractivity contribution < 1.29 is 4.39 Å². The molecule has 0 saturated heterocycles. The van der Waals surface area contributed by atoms with E-state index in [-0.39, 0.29) is 5.82 Å². The van der Waals surface area contributed by atoms with Gasteiger partial charge in [-0.1, -0.05) is 29.0 Å². The van der Waals surface area contributed by atoms with Crippen LogP contribution in [0.1, 0.15) is 5.56 Å². The first kappa shape index (κ1) is 12.4. The van der Waals surface area contributed by atoms with Gasteiger partial charge in [0.25, 0.3) is 0 Å². The summed E-state index contributed by atoms with van der Waals surface area (Å²) in [6, 6.07) is 10.5. The summed E-state index contributed by atoms with van der Waals surface area (Å²) in [6.07, 6.45) is 0. The Hall–Kier alpha value is -1.65. The van der Waals surface area contributed by atoms with Gasteiger partial charge in [0.2, 0.25) is 0 Å². The minimum Gasteiger partial charge on any atom is -0.331 e. The van der Waals surface area contributed by atoms with Gasteiger partial charge < -0.3 is 5.32 Å². The highest BCUT2D eigenvalue weighted by molar-refractivity contribution is 7.22. The third-order valence-electron chi connectivity index (χ3n) is 2.86. The Morgan fingerprint density at radius 2 is 2.11 bits per heavy atom. The lowest BCUT2D eigenvalue weighted by atomic mass is 10.2. The molecule has 0 fully saturated rings. The molecule has 0 saturated carbocycles. The molecule has 2 aromatic carbocycles. The van der Waals surface area contributed by atoms with Gasteiger partial charge in [-0.3, -0.25) is 0 Å². The van der Waals surface area contributed by atoms with Gasteiger partial charge in [-0.15, -0.1) is 0 Å². The molecule has 3 rings (SSSR count). The number of thiazole rings is 1. The van der Waals surface area contributed by atoms with Crippen LogP contribution in [-0.2, 0) is 0 Å². The number of fused-ring (bicyclic) bond motifs is 1. The van der Waals surface area contributed by atoms with E-state index in [9.17, 15) is 4.39 Å². The number of nitrogens with zero attached hydrogens (tertiary/aromatic N) is 1. The van der Waals surface area contributed by atoms with Crippen molar-refractivity contribution in [2.75, 3.05) is 5.32 Å². The monoisotopic (exact) mass is 292 g/mol. The van der Waals surface area contributed by atoms with Crippen molar-refractivity contribution in [2.24, 2.45) is 0 Å². The molecule has 0 amide bonds.